The first-order valence-corrected chi connectivity index (χ1v) is 13.5. The van der Waals surface area contributed by atoms with Crippen molar-refractivity contribution in [3.05, 3.63) is 99.1 Å². The first kappa shape index (κ1) is 22.5. The van der Waals surface area contributed by atoms with Crippen molar-refractivity contribution in [3.63, 3.8) is 0 Å². The molecule has 0 heterocycles. The summed E-state index contributed by atoms with van der Waals surface area (Å²) in [7, 11) is -1.42. The average Bonchev–Trinajstić information content (AvgIpc) is 2.76. The van der Waals surface area contributed by atoms with Crippen LogP contribution in [0.25, 0.3) is 0 Å². The molecule has 0 saturated heterocycles. The summed E-state index contributed by atoms with van der Waals surface area (Å²) in [5.74, 6) is 9.29. The Balaban J connectivity index is 1.75. The first-order chi connectivity index (χ1) is 15.2. The third-order valence-electron chi connectivity index (χ3n) is 4.26. The van der Waals surface area contributed by atoms with Gasteiger partial charge in [-0.05, 0) is 54.6 Å². The number of rotatable bonds is 3. The minimum Gasteiger partial charge on any atom is -0.507 e. The lowest BCUT2D eigenvalue weighted by Crippen LogP contribution is -2.16. The van der Waals surface area contributed by atoms with Gasteiger partial charge in [0.05, 0.1) is 10.6 Å². The van der Waals surface area contributed by atoms with Crippen molar-refractivity contribution in [3.8, 4) is 29.1 Å². The average molecular weight is 439 g/mol. The van der Waals surface area contributed by atoms with E-state index in [1.165, 1.54) is 12.1 Å². The first-order valence-electron chi connectivity index (χ1n) is 9.96. The molecule has 5 nitrogen and oxygen atoms in total. The van der Waals surface area contributed by atoms with Crippen LogP contribution in [0, 0.1) is 33.4 Å². The monoisotopic (exact) mass is 438 g/mol. The van der Waals surface area contributed by atoms with Crippen molar-refractivity contribution in [2.75, 3.05) is 0 Å². The van der Waals surface area contributed by atoms with Gasteiger partial charge in [-0.3, -0.25) is 15.1 Å². The van der Waals surface area contributed by atoms with Gasteiger partial charge in [0.2, 0.25) is 0 Å². The predicted molar refractivity (Wildman–Crippen MR) is 131 cm³/mol. The molecule has 0 amide bonds. The van der Waals surface area contributed by atoms with Gasteiger partial charge in [0.25, 0.3) is 5.69 Å². The fourth-order valence-corrected chi connectivity index (χ4v) is 3.10. The van der Waals surface area contributed by atoms with E-state index in [9.17, 15) is 15.2 Å². The maximum Gasteiger partial charge on any atom is 0.269 e. The lowest BCUT2D eigenvalue weighted by Gasteiger charge is -2.03. The van der Waals surface area contributed by atoms with Crippen LogP contribution < -0.4 is 0 Å². The molecule has 3 rings (SSSR count). The highest BCUT2D eigenvalue weighted by Gasteiger charge is 2.07. The largest absolute Gasteiger partial charge is 0.507 e. The van der Waals surface area contributed by atoms with E-state index in [2.05, 4.69) is 47.9 Å². The molecule has 6 heteroatoms. The summed E-state index contributed by atoms with van der Waals surface area (Å²) in [6.45, 7) is 6.61. The zero-order valence-electron chi connectivity index (χ0n) is 18.1. The molecule has 0 aliphatic heterocycles. The summed E-state index contributed by atoms with van der Waals surface area (Å²) >= 11 is 0. The summed E-state index contributed by atoms with van der Waals surface area (Å²) in [6, 6.07) is 18.7. The molecule has 0 unspecified atom stereocenters. The predicted octanol–water partition coefficient (Wildman–Crippen LogP) is 5.68. The molecule has 0 spiro atoms. The molecular formula is C26H22N2O3Si. The molecule has 1 N–H and O–H groups in total. The van der Waals surface area contributed by atoms with Gasteiger partial charge < -0.3 is 5.11 Å². The second-order valence-electron chi connectivity index (χ2n) is 8.13. The number of benzene rings is 3. The highest BCUT2D eigenvalue weighted by Crippen LogP contribution is 2.19. The summed E-state index contributed by atoms with van der Waals surface area (Å²) in [5.41, 5.74) is 6.97. The van der Waals surface area contributed by atoms with Gasteiger partial charge in [-0.1, -0.05) is 37.4 Å². The van der Waals surface area contributed by atoms with Crippen LogP contribution in [-0.2, 0) is 0 Å². The van der Waals surface area contributed by atoms with Crippen LogP contribution in [0.15, 0.2) is 71.7 Å². The molecule has 0 fully saturated rings. The second kappa shape index (κ2) is 9.78. The van der Waals surface area contributed by atoms with Gasteiger partial charge in [-0.2, -0.15) is 0 Å². The van der Waals surface area contributed by atoms with Gasteiger partial charge in [0.1, 0.15) is 13.8 Å². The van der Waals surface area contributed by atoms with Gasteiger partial charge >= 0.3 is 0 Å². The minimum atomic E-state index is -1.42. The Morgan fingerprint density at radius 1 is 0.875 bits per heavy atom. The molecule has 0 saturated carbocycles. The number of hydrogen-bond acceptors (Lipinski definition) is 4. The van der Waals surface area contributed by atoms with E-state index >= 15 is 0 Å². The Bertz CT molecular complexity index is 1280. The molecule has 0 aliphatic carbocycles. The van der Waals surface area contributed by atoms with Crippen LogP contribution in [0.5, 0.6) is 5.75 Å². The minimum absolute atomic E-state index is 0.0230. The van der Waals surface area contributed by atoms with Crippen molar-refractivity contribution in [1.29, 1.82) is 0 Å². The molecule has 32 heavy (non-hydrogen) atoms. The van der Waals surface area contributed by atoms with Crippen LogP contribution >= 0.6 is 0 Å². The van der Waals surface area contributed by atoms with E-state index in [0.717, 1.165) is 11.3 Å². The fourth-order valence-electron chi connectivity index (χ4n) is 2.58. The standard InChI is InChI=1S/C26H22N2O3Si/c1-32(2,3)17-16-21-6-11-24(12-7-21)27-19-23-18-22(10-15-26(23)29)5-4-20-8-13-25(14-9-20)28(30)31/h6-15,18-19,29H,1-3H3. The maximum absolute atomic E-state index is 10.7. The zero-order chi connectivity index (χ0) is 23.1. The normalized spacial score (nSPS) is 10.7. The Kier molecular flexibility index (Phi) is 6.89. The molecular weight excluding hydrogens is 416 g/mol. The Morgan fingerprint density at radius 3 is 2.06 bits per heavy atom. The van der Waals surface area contributed by atoms with Gasteiger partial charge in [0.15, 0.2) is 0 Å². The fraction of sp³-hybridized carbons (Fsp3) is 0.115. The van der Waals surface area contributed by atoms with E-state index in [-0.39, 0.29) is 11.4 Å². The van der Waals surface area contributed by atoms with E-state index in [0.29, 0.717) is 16.7 Å². The lowest BCUT2D eigenvalue weighted by molar-refractivity contribution is -0.384. The molecule has 0 atom stereocenters. The number of phenols is 1. The topological polar surface area (TPSA) is 75.7 Å². The van der Waals surface area contributed by atoms with Crippen molar-refractivity contribution >= 4 is 25.7 Å². The smallest absolute Gasteiger partial charge is 0.269 e. The number of nitrogens with zero attached hydrogens (tertiary/aromatic N) is 2. The van der Waals surface area contributed by atoms with E-state index < -0.39 is 13.0 Å². The molecule has 0 aliphatic rings. The van der Waals surface area contributed by atoms with E-state index in [1.54, 1.807) is 36.5 Å². The van der Waals surface area contributed by atoms with E-state index in [4.69, 9.17) is 0 Å². The van der Waals surface area contributed by atoms with Crippen molar-refractivity contribution in [2.24, 2.45) is 4.99 Å². The molecule has 158 valence electrons. The quantitative estimate of drug-likeness (QED) is 0.188. The number of nitro benzene ring substituents is 1. The van der Waals surface area contributed by atoms with Crippen molar-refractivity contribution < 1.29 is 10.0 Å². The van der Waals surface area contributed by atoms with Crippen LogP contribution in [0.4, 0.5) is 11.4 Å². The number of phenolic OH excluding ortho intramolecular Hbond substituents is 1. The molecule has 0 bridgehead atoms. The summed E-state index contributed by atoms with van der Waals surface area (Å²) in [4.78, 5) is 14.7. The third-order valence-corrected chi connectivity index (χ3v) is 5.13. The van der Waals surface area contributed by atoms with Crippen LogP contribution in [-0.4, -0.2) is 24.3 Å². The SMILES string of the molecule is C[Si](C)(C)C#Cc1ccc(N=Cc2cc(C#Cc3ccc([N+](=O)[O-])cc3)ccc2O)cc1. The van der Waals surface area contributed by atoms with Crippen LogP contribution in [0.1, 0.15) is 22.3 Å². The number of non-ortho nitro benzene ring substituents is 1. The van der Waals surface area contributed by atoms with Gasteiger partial charge in [-0.15, -0.1) is 5.54 Å². The Labute approximate surface area is 188 Å². The molecule has 3 aromatic rings. The number of nitro groups is 1. The summed E-state index contributed by atoms with van der Waals surface area (Å²) in [5, 5.41) is 20.9. The number of aromatic hydroxyl groups is 1. The number of aliphatic imine (C=N–C) groups is 1. The lowest BCUT2D eigenvalue weighted by atomic mass is 10.1. The second-order valence-corrected chi connectivity index (χ2v) is 12.9. The van der Waals surface area contributed by atoms with Gasteiger partial charge in [-0.25, -0.2) is 0 Å². The summed E-state index contributed by atoms with van der Waals surface area (Å²) in [6.07, 6.45) is 1.59. The summed E-state index contributed by atoms with van der Waals surface area (Å²) < 4.78 is 0. The molecule has 3 aromatic carbocycles. The highest BCUT2D eigenvalue weighted by atomic mass is 28.3. The third kappa shape index (κ3) is 6.70. The Morgan fingerprint density at radius 2 is 1.44 bits per heavy atom. The molecule has 0 aromatic heterocycles. The van der Waals surface area contributed by atoms with Crippen molar-refractivity contribution in [2.45, 2.75) is 19.6 Å². The van der Waals surface area contributed by atoms with Crippen LogP contribution in [0.2, 0.25) is 19.6 Å². The van der Waals surface area contributed by atoms with Crippen LogP contribution in [0.3, 0.4) is 0 Å². The van der Waals surface area contributed by atoms with E-state index in [1.807, 2.05) is 24.3 Å². The maximum atomic E-state index is 10.7. The highest BCUT2D eigenvalue weighted by molar-refractivity contribution is 6.83. The van der Waals surface area contributed by atoms with Gasteiger partial charge in [0, 0.05) is 40.6 Å². The zero-order valence-corrected chi connectivity index (χ0v) is 19.1. The number of hydrogen-bond donors (Lipinski definition) is 1. The van der Waals surface area contributed by atoms with Crippen molar-refractivity contribution in [1.82, 2.24) is 0 Å². The molecule has 0 radical (unpaired) electrons. The Hall–Kier alpha value is -4.13.